The molecule has 0 saturated carbocycles. The summed E-state index contributed by atoms with van der Waals surface area (Å²) in [7, 11) is 0. The first-order valence-corrected chi connectivity index (χ1v) is 7.80. The molecule has 24 heavy (non-hydrogen) atoms. The van der Waals surface area contributed by atoms with Crippen molar-refractivity contribution in [1.29, 1.82) is 0 Å². The smallest absolute Gasteiger partial charge is 0.328 e. The summed E-state index contributed by atoms with van der Waals surface area (Å²) < 4.78 is 6.21. The molecule has 0 aliphatic carbocycles. The summed E-state index contributed by atoms with van der Waals surface area (Å²) >= 11 is 0. The Morgan fingerprint density at radius 1 is 1.08 bits per heavy atom. The third kappa shape index (κ3) is 3.51. The number of carbonyl (C=O) groups is 1. The lowest BCUT2D eigenvalue weighted by Crippen LogP contribution is -2.28. The summed E-state index contributed by atoms with van der Waals surface area (Å²) in [6.07, 6.45) is -0.225. The van der Waals surface area contributed by atoms with E-state index in [4.69, 9.17) is 4.74 Å². The second-order valence-electron chi connectivity index (χ2n) is 5.82. The van der Waals surface area contributed by atoms with Crippen molar-refractivity contribution in [2.24, 2.45) is 0 Å². The fourth-order valence-electron chi connectivity index (χ4n) is 2.49. The Morgan fingerprint density at radius 2 is 1.83 bits per heavy atom. The van der Waals surface area contributed by atoms with Crippen LogP contribution in [0.3, 0.4) is 0 Å². The van der Waals surface area contributed by atoms with E-state index in [0.717, 1.165) is 21.0 Å². The van der Waals surface area contributed by atoms with Crippen LogP contribution in [0.5, 0.6) is 0 Å². The summed E-state index contributed by atoms with van der Waals surface area (Å²) in [6.45, 7) is 3.33. The lowest BCUT2D eigenvalue weighted by atomic mass is 10.1. The maximum Gasteiger partial charge on any atom is 0.328 e. The SMILES string of the molecule is CC(C)OC(=O)Cn1nc(-c2ccc3ccccc3c2)ccc1=O. The van der Waals surface area contributed by atoms with Crippen LogP contribution in [-0.2, 0) is 16.1 Å². The Morgan fingerprint density at radius 3 is 2.58 bits per heavy atom. The minimum Gasteiger partial charge on any atom is -0.462 e. The summed E-state index contributed by atoms with van der Waals surface area (Å²) in [6, 6.07) is 17.1. The van der Waals surface area contributed by atoms with Gasteiger partial charge in [-0.25, -0.2) is 4.68 Å². The van der Waals surface area contributed by atoms with Crippen LogP contribution in [0.4, 0.5) is 0 Å². The van der Waals surface area contributed by atoms with Crippen molar-refractivity contribution in [3.63, 3.8) is 0 Å². The number of benzene rings is 2. The second kappa shape index (κ2) is 6.66. The molecule has 5 nitrogen and oxygen atoms in total. The molecule has 1 aromatic heterocycles. The van der Waals surface area contributed by atoms with Crippen LogP contribution in [-0.4, -0.2) is 21.9 Å². The van der Waals surface area contributed by atoms with E-state index in [2.05, 4.69) is 5.10 Å². The highest BCUT2D eigenvalue weighted by Crippen LogP contribution is 2.22. The average molecular weight is 322 g/mol. The van der Waals surface area contributed by atoms with E-state index in [-0.39, 0.29) is 18.2 Å². The number of fused-ring (bicyclic) bond motifs is 1. The van der Waals surface area contributed by atoms with Gasteiger partial charge in [0, 0.05) is 11.6 Å². The van der Waals surface area contributed by atoms with Crippen molar-refractivity contribution in [2.45, 2.75) is 26.5 Å². The summed E-state index contributed by atoms with van der Waals surface area (Å²) in [4.78, 5) is 23.7. The molecule has 0 radical (unpaired) electrons. The standard InChI is InChI=1S/C19H18N2O3/c1-13(2)24-19(23)12-21-18(22)10-9-17(20-21)16-8-7-14-5-3-4-6-15(14)11-16/h3-11,13H,12H2,1-2H3. The van der Waals surface area contributed by atoms with Crippen molar-refractivity contribution < 1.29 is 9.53 Å². The van der Waals surface area contributed by atoms with Crippen molar-refractivity contribution in [1.82, 2.24) is 9.78 Å². The van der Waals surface area contributed by atoms with Gasteiger partial charge in [0.25, 0.3) is 5.56 Å². The molecule has 5 heteroatoms. The Kier molecular flexibility index (Phi) is 4.42. The first-order valence-electron chi connectivity index (χ1n) is 7.80. The highest BCUT2D eigenvalue weighted by atomic mass is 16.5. The molecule has 0 saturated heterocycles. The van der Waals surface area contributed by atoms with Gasteiger partial charge >= 0.3 is 5.97 Å². The van der Waals surface area contributed by atoms with E-state index >= 15 is 0 Å². The van der Waals surface area contributed by atoms with Crippen molar-refractivity contribution in [3.05, 3.63) is 65.0 Å². The van der Waals surface area contributed by atoms with Gasteiger partial charge in [-0.05, 0) is 36.8 Å². The molecule has 1 heterocycles. The Hall–Kier alpha value is -2.95. The molecular weight excluding hydrogens is 304 g/mol. The lowest BCUT2D eigenvalue weighted by molar-refractivity contribution is -0.148. The van der Waals surface area contributed by atoms with Crippen LogP contribution < -0.4 is 5.56 Å². The predicted molar refractivity (Wildman–Crippen MR) is 92.7 cm³/mol. The highest BCUT2D eigenvalue weighted by Gasteiger charge is 2.10. The molecule has 0 fully saturated rings. The predicted octanol–water partition coefficient (Wildman–Crippen LogP) is 3.02. The van der Waals surface area contributed by atoms with Crippen molar-refractivity contribution in [2.75, 3.05) is 0 Å². The van der Waals surface area contributed by atoms with Crippen LogP contribution >= 0.6 is 0 Å². The number of aromatic nitrogens is 2. The number of carbonyl (C=O) groups excluding carboxylic acids is 1. The Labute approximate surface area is 139 Å². The first kappa shape index (κ1) is 15.9. The monoisotopic (exact) mass is 322 g/mol. The summed E-state index contributed by atoms with van der Waals surface area (Å²) in [5.74, 6) is -0.477. The second-order valence-corrected chi connectivity index (χ2v) is 5.82. The number of hydrogen-bond acceptors (Lipinski definition) is 4. The van der Waals surface area contributed by atoms with E-state index in [9.17, 15) is 9.59 Å². The summed E-state index contributed by atoms with van der Waals surface area (Å²) in [5.41, 5.74) is 1.19. The van der Waals surface area contributed by atoms with Crippen LogP contribution in [0, 0.1) is 0 Å². The van der Waals surface area contributed by atoms with E-state index in [0.29, 0.717) is 5.69 Å². The van der Waals surface area contributed by atoms with Crippen LogP contribution in [0.25, 0.3) is 22.0 Å². The lowest BCUT2D eigenvalue weighted by Gasteiger charge is -2.10. The molecule has 0 unspecified atom stereocenters. The van der Waals surface area contributed by atoms with E-state index in [1.165, 1.54) is 6.07 Å². The average Bonchev–Trinajstić information content (AvgIpc) is 2.55. The number of esters is 1. The van der Waals surface area contributed by atoms with Crippen LogP contribution in [0.15, 0.2) is 59.4 Å². The van der Waals surface area contributed by atoms with Gasteiger partial charge in [0.2, 0.25) is 0 Å². The molecule has 3 aromatic rings. The maximum absolute atomic E-state index is 11.9. The van der Waals surface area contributed by atoms with Crippen LogP contribution in [0.2, 0.25) is 0 Å². The fraction of sp³-hybridized carbons (Fsp3) is 0.211. The quantitative estimate of drug-likeness (QED) is 0.693. The molecule has 0 aliphatic rings. The van der Waals surface area contributed by atoms with Crippen molar-refractivity contribution >= 4 is 16.7 Å². The molecule has 3 rings (SSSR count). The Bertz CT molecular complexity index is 944. The Balaban J connectivity index is 1.94. The molecule has 0 N–H and O–H groups in total. The normalized spacial score (nSPS) is 11.0. The molecule has 0 atom stereocenters. The van der Waals surface area contributed by atoms with E-state index < -0.39 is 5.97 Å². The molecule has 122 valence electrons. The van der Waals surface area contributed by atoms with E-state index in [1.54, 1.807) is 19.9 Å². The number of hydrogen-bond donors (Lipinski definition) is 0. The van der Waals surface area contributed by atoms with Gasteiger partial charge in [-0.15, -0.1) is 0 Å². The van der Waals surface area contributed by atoms with Gasteiger partial charge in [0.05, 0.1) is 11.8 Å². The van der Waals surface area contributed by atoms with Gasteiger partial charge in [-0.1, -0.05) is 36.4 Å². The topological polar surface area (TPSA) is 61.2 Å². The molecular formula is C19H18N2O3. The zero-order valence-corrected chi connectivity index (χ0v) is 13.6. The molecule has 0 spiro atoms. The minimum atomic E-state index is -0.477. The molecule has 2 aromatic carbocycles. The third-order valence-corrected chi connectivity index (χ3v) is 3.56. The van der Waals surface area contributed by atoms with Gasteiger partial charge in [-0.3, -0.25) is 9.59 Å². The fourth-order valence-corrected chi connectivity index (χ4v) is 2.49. The molecule has 0 aliphatic heterocycles. The molecule has 0 amide bonds. The zero-order valence-electron chi connectivity index (χ0n) is 13.6. The van der Waals surface area contributed by atoms with Gasteiger partial charge in [-0.2, -0.15) is 5.10 Å². The minimum absolute atomic E-state index is 0.196. The van der Waals surface area contributed by atoms with E-state index in [1.807, 2.05) is 42.5 Å². The largest absolute Gasteiger partial charge is 0.462 e. The van der Waals surface area contributed by atoms with Gasteiger partial charge in [0.1, 0.15) is 6.54 Å². The first-order chi connectivity index (χ1) is 11.5. The number of rotatable bonds is 4. The van der Waals surface area contributed by atoms with Gasteiger partial charge in [0.15, 0.2) is 0 Å². The summed E-state index contributed by atoms with van der Waals surface area (Å²) in [5, 5.41) is 6.53. The number of ether oxygens (including phenoxy) is 1. The maximum atomic E-state index is 11.9. The van der Waals surface area contributed by atoms with Crippen LogP contribution in [0.1, 0.15) is 13.8 Å². The third-order valence-electron chi connectivity index (χ3n) is 3.56. The number of nitrogens with zero attached hydrogens (tertiary/aromatic N) is 2. The zero-order chi connectivity index (χ0) is 17.1. The van der Waals surface area contributed by atoms with Crippen molar-refractivity contribution in [3.8, 4) is 11.3 Å². The highest BCUT2D eigenvalue weighted by molar-refractivity contribution is 5.86. The molecule has 0 bridgehead atoms. The van der Waals surface area contributed by atoms with Gasteiger partial charge < -0.3 is 4.74 Å².